The summed E-state index contributed by atoms with van der Waals surface area (Å²) in [6.07, 6.45) is 5.49. The van der Waals surface area contributed by atoms with E-state index < -0.39 is 0 Å². The number of epoxide rings is 1. The van der Waals surface area contributed by atoms with Gasteiger partial charge < -0.3 is 4.74 Å². The molecule has 0 radical (unpaired) electrons. The minimum atomic E-state index is 0.123. The maximum Gasteiger partial charge on any atom is 0.0902 e. The van der Waals surface area contributed by atoms with Gasteiger partial charge in [0.15, 0.2) is 0 Å². The predicted octanol–water partition coefficient (Wildman–Crippen LogP) is 2.69. The fourth-order valence-electron chi connectivity index (χ4n) is 1.04. The second-order valence-corrected chi connectivity index (χ2v) is 3.60. The van der Waals surface area contributed by atoms with E-state index >= 15 is 0 Å². The highest BCUT2D eigenvalue weighted by Gasteiger charge is 2.46. The molecule has 0 saturated carbocycles. The Morgan fingerprint density at radius 3 is 2.55 bits per heavy atom. The molecule has 0 aromatic rings. The lowest BCUT2D eigenvalue weighted by molar-refractivity contribution is 0.324. The van der Waals surface area contributed by atoms with Crippen molar-refractivity contribution >= 4 is 0 Å². The van der Waals surface area contributed by atoms with Crippen LogP contribution < -0.4 is 0 Å². The molecule has 1 fully saturated rings. The predicted molar refractivity (Wildman–Crippen MR) is 47.5 cm³/mol. The third-order valence-corrected chi connectivity index (χ3v) is 2.14. The summed E-state index contributed by atoms with van der Waals surface area (Å²) >= 11 is 0. The highest BCUT2D eigenvalue weighted by molar-refractivity contribution is 5.14. The van der Waals surface area contributed by atoms with Crippen molar-refractivity contribution in [2.24, 2.45) is 0 Å². The van der Waals surface area contributed by atoms with Gasteiger partial charge in [0.1, 0.15) is 0 Å². The van der Waals surface area contributed by atoms with Gasteiger partial charge in [0.2, 0.25) is 0 Å². The van der Waals surface area contributed by atoms with Crippen molar-refractivity contribution in [3.63, 3.8) is 0 Å². The molecule has 1 heterocycles. The first-order chi connectivity index (χ1) is 5.06. The minimum absolute atomic E-state index is 0.123. The summed E-state index contributed by atoms with van der Waals surface area (Å²) < 4.78 is 5.42. The molecular weight excluding hydrogens is 136 g/mol. The Kier molecular flexibility index (Phi) is 2.19. The van der Waals surface area contributed by atoms with E-state index in [1.807, 2.05) is 6.08 Å². The molecule has 62 valence electrons. The first-order valence-corrected chi connectivity index (χ1v) is 4.03. The van der Waals surface area contributed by atoms with Crippen LogP contribution in [0.1, 0.15) is 27.2 Å². The number of hydrogen-bond acceptors (Lipinski definition) is 1. The van der Waals surface area contributed by atoms with Gasteiger partial charge in [-0.25, -0.2) is 0 Å². The smallest absolute Gasteiger partial charge is 0.0902 e. The van der Waals surface area contributed by atoms with Gasteiger partial charge in [-0.15, -0.1) is 0 Å². The van der Waals surface area contributed by atoms with E-state index in [1.54, 1.807) is 0 Å². The topological polar surface area (TPSA) is 12.5 Å². The van der Waals surface area contributed by atoms with Crippen LogP contribution in [0.5, 0.6) is 0 Å². The summed E-state index contributed by atoms with van der Waals surface area (Å²) in [4.78, 5) is 0. The fraction of sp³-hybridized carbons (Fsp3) is 0.600. The Balaban J connectivity index is 2.30. The zero-order valence-electron chi connectivity index (χ0n) is 7.55. The third-order valence-electron chi connectivity index (χ3n) is 2.14. The summed E-state index contributed by atoms with van der Waals surface area (Å²) in [5, 5.41) is 0. The summed E-state index contributed by atoms with van der Waals surface area (Å²) in [5.41, 5.74) is 1.36. The fourth-order valence-corrected chi connectivity index (χ4v) is 1.04. The van der Waals surface area contributed by atoms with Crippen molar-refractivity contribution in [1.29, 1.82) is 0 Å². The van der Waals surface area contributed by atoms with Crippen molar-refractivity contribution in [2.45, 2.75) is 38.9 Å². The van der Waals surface area contributed by atoms with Crippen LogP contribution in [0.3, 0.4) is 0 Å². The van der Waals surface area contributed by atoms with E-state index in [4.69, 9.17) is 4.74 Å². The standard InChI is InChI=1S/C10H16O/c1-5-8(2)6-7-9-10(3,4)11-9/h5-6,9H,1,7H2,2-4H3/b8-6+. The maximum absolute atomic E-state index is 5.42. The van der Waals surface area contributed by atoms with Crippen LogP contribution >= 0.6 is 0 Å². The zero-order chi connectivity index (χ0) is 8.48. The molecule has 1 aliphatic heterocycles. The van der Waals surface area contributed by atoms with Crippen molar-refractivity contribution < 1.29 is 4.74 Å². The van der Waals surface area contributed by atoms with E-state index in [0.29, 0.717) is 6.10 Å². The van der Waals surface area contributed by atoms with Crippen LogP contribution in [-0.4, -0.2) is 11.7 Å². The van der Waals surface area contributed by atoms with Crippen molar-refractivity contribution in [3.8, 4) is 0 Å². The van der Waals surface area contributed by atoms with Gasteiger partial charge in [-0.05, 0) is 27.2 Å². The molecule has 1 unspecified atom stereocenters. The summed E-state index contributed by atoms with van der Waals surface area (Å²) in [7, 11) is 0. The maximum atomic E-state index is 5.42. The quantitative estimate of drug-likeness (QED) is 0.447. The molecule has 0 spiro atoms. The molecule has 1 atom stereocenters. The lowest BCUT2D eigenvalue weighted by atomic mass is 10.1. The molecule has 1 saturated heterocycles. The first-order valence-electron chi connectivity index (χ1n) is 4.03. The van der Waals surface area contributed by atoms with Crippen LogP contribution in [0.15, 0.2) is 24.3 Å². The average Bonchev–Trinajstić information content (AvgIpc) is 2.54. The van der Waals surface area contributed by atoms with Gasteiger partial charge in [0.25, 0.3) is 0 Å². The van der Waals surface area contributed by atoms with Crippen LogP contribution in [0.2, 0.25) is 0 Å². The van der Waals surface area contributed by atoms with Crippen LogP contribution in [0, 0.1) is 0 Å². The van der Waals surface area contributed by atoms with Gasteiger partial charge >= 0.3 is 0 Å². The summed E-state index contributed by atoms with van der Waals surface area (Å²) in [6, 6.07) is 0. The molecule has 0 amide bonds. The van der Waals surface area contributed by atoms with Gasteiger partial charge in [-0.3, -0.25) is 0 Å². The molecule has 0 bridgehead atoms. The normalized spacial score (nSPS) is 28.3. The number of rotatable bonds is 3. The zero-order valence-corrected chi connectivity index (χ0v) is 7.55. The Morgan fingerprint density at radius 1 is 1.64 bits per heavy atom. The highest BCUT2D eigenvalue weighted by Crippen LogP contribution is 2.37. The van der Waals surface area contributed by atoms with E-state index in [-0.39, 0.29) is 5.60 Å². The molecular formula is C10H16O. The van der Waals surface area contributed by atoms with E-state index in [0.717, 1.165) is 6.42 Å². The summed E-state index contributed by atoms with van der Waals surface area (Å²) in [5.74, 6) is 0. The minimum Gasteiger partial charge on any atom is -0.366 e. The first kappa shape index (κ1) is 8.54. The SMILES string of the molecule is C=C/C(C)=C/CC1OC1(C)C. The van der Waals surface area contributed by atoms with E-state index in [1.165, 1.54) is 5.57 Å². The van der Waals surface area contributed by atoms with Crippen LogP contribution in [-0.2, 0) is 4.74 Å². The Morgan fingerprint density at radius 2 is 2.18 bits per heavy atom. The van der Waals surface area contributed by atoms with Crippen molar-refractivity contribution in [1.82, 2.24) is 0 Å². The largest absolute Gasteiger partial charge is 0.366 e. The molecule has 1 nitrogen and oxygen atoms in total. The Labute approximate surface area is 68.8 Å². The van der Waals surface area contributed by atoms with E-state index in [9.17, 15) is 0 Å². The highest BCUT2D eigenvalue weighted by atomic mass is 16.6. The van der Waals surface area contributed by atoms with Crippen molar-refractivity contribution in [3.05, 3.63) is 24.3 Å². The second kappa shape index (κ2) is 2.82. The molecule has 1 aliphatic rings. The average molecular weight is 152 g/mol. The molecule has 0 aromatic heterocycles. The number of ether oxygens (including phenoxy) is 1. The molecule has 1 rings (SSSR count). The van der Waals surface area contributed by atoms with Crippen LogP contribution in [0.4, 0.5) is 0 Å². The second-order valence-electron chi connectivity index (χ2n) is 3.60. The Bertz CT molecular complexity index is 189. The van der Waals surface area contributed by atoms with Gasteiger partial charge in [-0.2, -0.15) is 0 Å². The van der Waals surface area contributed by atoms with E-state index in [2.05, 4.69) is 33.4 Å². The molecule has 0 N–H and O–H groups in total. The molecule has 0 aliphatic carbocycles. The lowest BCUT2D eigenvalue weighted by Crippen LogP contribution is -2.01. The Hall–Kier alpha value is -0.560. The van der Waals surface area contributed by atoms with Crippen molar-refractivity contribution in [2.75, 3.05) is 0 Å². The molecule has 11 heavy (non-hydrogen) atoms. The van der Waals surface area contributed by atoms with Gasteiger partial charge in [0, 0.05) is 0 Å². The summed E-state index contributed by atoms with van der Waals surface area (Å²) in [6.45, 7) is 9.98. The van der Waals surface area contributed by atoms with Gasteiger partial charge in [0.05, 0.1) is 11.7 Å². The third kappa shape index (κ3) is 2.19. The number of allylic oxidation sites excluding steroid dienone is 2. The lowest BCUT2D eigenvalue weighted by Gasteiger charge is -1.92. The molecule has 0 aromatic carbocycles. The molecule has 1 heteroatoms. The monoisotopic (exact) mass is 152 g/mol. The number of hydrogen-bond donors (Lipinski definition) is 0. The van der Waals surface area contributed by atoms with Gasteiger partial charge in [-0.1, -0.05) is 24.3 Å². The van der Waals surface area contributed by atoms with Crippen LogP contribution in [0.25, 0.3) is 0 Å².